The number of hydrogen-bond donors (Lipinski definition) is 1. The summed E-state index contributed by atoms with van der Waals surface area (Å²) < 4.78 is 19.2. The van der Waals surface area contributed by atoms with E-state index >= 15 is 0 Å². The van der Waals surface area contributed by atoms with Crippen LogP contribution in [-0.2, 0) is 21.4 Å². The van der Waals surface area contributed by atoms with Crippen LogP contribution in [0.1, 0.15) is 62.9 Å². The average molecular weight is 516 g/mol. The molecule has 1 aliphatic heterocycles. The highest BCUT2D eigenvalue weighted by atomic mass is 19.1. The van der Waals surface area contributed by atoms with Crippen molar-refractivity contribution in [3.63, 3.8) is 0 Å². The van der Waals surface area contributed by atoms with Gasteiger partial charge >= 0.3 is 0 Å². The number of nitrogens with zero attached hydrogens (tertiary/aromatic N) is 1. The zero-order chi connectivity index (χ0) is 27.6. The molecule has 0 radical (unpaired) electrons. The average Bonchev–Trinajstić information content (AvgIpc) is 3.12. The normalized spacial score (nSPS) is 17.3. The lowest BCUT2D eigenvalue weighted by Gasteiger charge is -2.26. The van der Waals surface area contributed by atoms with Crippen molar-refractivity contribution in [1.29, 1.82) is 0 Å². The summed E-state index contributed by atoms with van der Waals surface area (Å²) in [6.45, 7) is 10.4. The SMILES string of the molecule is CC(C)Oc1cccc(/C(O)=C2/C(=O)C(=O)N(CCc3ccc(F)cc3)C2c2ccc(C(C)(C)C)cc2)c1. The lowest BCUT2D eigenvalue weighted by Crippen LogP contribution is -2.31. The maximum atomic E-state index is 13.4. The number of aliphatic hydroxyl groups is 1. The largest absolute Gasteiger partial charge is 0.507 e. The first-order chi connectivity index (χ1) is 18.0. The van der Waals surface area contributed by atoms with Crippen LogP contribution in [0.25, 0.3) is 5.76 Å². The standard InChI is InChI=1S/C32H34FNO4/c1-20(2)38-26-8-6-7-23(19-26)29(35)27-28(22-11-13-24(14-12-22)32(3,4)5)34(31(37)30(27)36)18-17-21-9-15-25(33)16-10-21/h6-16,19-20,28,35H,17-18H2,1-5H3/b29-27-. The fraction of sp³-hybridized carbons (Fsp3) is 0.312. The molecular weight excluding hydrogens is 481 g/mol. The highest BCUT2D eigenvalue weighted by Crippen LogP contribution is 2.40. The van der Waals surface area contributed by atoms with Crippen molar-refractivity contribution in [1.82, 2.24) is 4.90 Å². The van der Waals surface area contributed by atoms with Crippen LogP contribution in [0.15, 0.2) is 78.4 Å². The number of likely N-dealkylation sites (tertiary alicyclic amines) is 1. The smallest absolute Gasteiger partial charge is 0.295 e. The summed E-state index contributed by atoms with van der Waals surface area (Å²) >= 11 is 0. The number of halogens is 1. The number of Topliss-reactive ketones (excluding diaryl/α,β-unsaturated/α-hetero) is 1. The van der Waals surface area contributed by atoms with E-state index < -0.39 is 17.7 Å². The van der Waals surface area contributed by atoms with E-state index in [1.165, 1.54) is 17.0 Å². The van der Waals surface area contributed by atoms with Gasteiger partial charge in [-0.25, -0.2) is 4.39 Å². The molecule has 1 atom stereocenters. The minimum atomic E-state index is -0.765. The molecular formula is C32H34FNO4. The van der Waals surface area contributed by atoms with E-state index in [9.17, 15) is 19.1 Å². The zero-order valence-electron chi connectivity index (χ0n) is 22.5. The molecule has 0 spiro atoms. The molecule has 6 heteroatoms. The second-order valence-electron chi connectivity index (χ2n) is 10.9. The molecule has 38 heavy (non-hydrogen) atoms. The predicted octanol–water partition coefficient (Wildman–Crippen LogP) is 6.57. The number of ketones is 1. The van der Waals surface area contributed by atoms with Gasteiger partial charge in [-0.3, -0.25) is 9.59 Å². The van der Waals surface area contributed by atoms with E-state index in [-0.39, 0.29) is 35.2 Å². The van der Waals surface area contributed by atoms with E-state index in [0.29, 0.717) is 17.7 Å². The highest BCUT2D eigenvalue weighted by Gasteiger charge is 2.46. The lowest BCUT2D eigenvalue weighted by molar-refractivity contribution is -0.139. The molecule has 1 N–H and O–H groups in total. The minimum absolute atomic E-state index is 0.0410. The van der Waals surface area contributed by atoms with Crippen LogP contribution in [0.3, 0.4) is 0 Å². The molecule has 0 aliphatic carbocycles. The fourth-order valence-electron chi connectivity index (χ4n) is 4.67. The summed E-state index contributed by atoms with van der Waals surface area (Å²) in [6, 6.07) is 20.0. The van der Waals surface area contributed by atoms with Gasteiger partial charge < -0.3 is 14.7 Å². The van der Waals surface area contributed by atoms with Gasteiger partial charge in [0.15, 0.2) is 0 Å². The van der Waals surface area contributed by atoms with Crippen molar-refractivity contribution >= 4 is 17.4 Å². The molecule has 0 saturated carbocycles. The van der Waals surface area contributed by atoms with Crippen molar-refractivity contribution in [3.05, 3.63) is 106 Å². The molecule has 0 bridgehead atoms. The molecule has 3 aromatic rings. The Labute approximate surface area is 223 Å². The minimum Gasteiger partial charge on any atom is -0.507 e. The second-order valence-corrected chi connectivity index (χ2v) is 10.9. The first-order valence-electron chi connectivity index (χ1n) is 12.9. The second kappa shape index (κ2) is 10.8. The summed E-state index contributed by atoms with van der Waals surface area (Å²) in [4.78, 5) is 28.2. The molecule has 0 aromatic heterocycles. The van der Waals surface area contributed by atoms with Crippen LogP contribution in [-0.4, -0.2) is 34.3 Å². The maximum Gasteiger partial charge on any atom is 0.295 e. The van der Waals surface area contributed by atoms with Gasteiger partial charge in [0.25, 0.3) is 11.7 Å². The number of carbonyl (C=O) groups excluding carboxylic acids is 2. The van der Waals surface area contributed by atoms with Crippen LogP contribution >= 0.6 is 0 Å². The maximum absolute atomic E-state index is 13.4. The molecule has 1 fully saturated rings. The Hall–Kier alpha value is -3.93. The molecule has 1 amide bonds. The molecule has 198 valence electrons. The summed E-state index contributed by atoms with van der Waals surface area (Å²) in [5.41, 5.74) is 3.05. The molecule has 1 unspecified atom stereocenters. The van der Waals surface area contributed by atoms with Crippen LogP contribution in [0, 0.1) is 5.82 Å². The Kier molecular flexibility index (Phi) is 7.72. The summed E-state index contributed by atoms with van der Waals surface area (Å²) in [7, 11) is 0. The summed E-state index contributed by atoms with van der Waals surface area (Å²) in [5, 5.41) is 11.4. The number of carbonyl (C=O) groups is 2. The number of amides is 1. The Morgan fingerprint density at radius 3 is 2.26 bits per heavy atom. The molecule has 4 rings (SSSR count). The van der Waals surface area contributed by atoms with E-state index in [2.05, 4.69) is 20.8 Å². The quantitative estimate of drug-likeness (QED) is 0.219. The third-order valence-electron chi connectivity index (χ3n) is 6.67. The van der Waals surface area contributed by atoms with Gasteiger partial charge in [0.1, 0.15) is 17.3 Å². The summed E-state index contributed by atoms with van der Waals surface area (Å²) in [6.07, 6.45) is 0.368. The number of rotatable bonds is 7. The number of aliphatic hydroxyl groups excluding tert-OH is 1. The van der Waals surface area contributed by atoms with Crippen molar-refractivity contribution in [2.24, 2.45) is 0 Å². The number of hydrogen-bond acceptors (Lipinski definition) is 4. The summed E-state index contributed by atoms with van der Waals surface area (Å²) in [5.74, 6) is -1.43. The van der Waals surface area contributed by atoms with Gasteiger partial charge in [0.2, 0.25) is 0 Å². The topological polar surface area (TPSA) is 66.8 Å². The van der Waals surface area contributed by atoms with Gasteiger partial charge in [-0.2, -0.15) is 0 Å². The van der Waals surface area contributed by atoms with Crippen molar-refractivity contribution in [3.8, 4) is 5.75 Å². The first kappa shape index (κ1) is 27.1. The Morgan fingerprint density at radius 2 is 1.66 bits per heavy atom. The third kappa shape index (κ3) is 5.80. The van der Waals surface area contributed by atoms with Gasteiger partial charge in [-0.05, 0) is 66.6 Å². The Morgan fingerprint density at radius 1 is 1.00 bits per heavy atom. The molecule has 1 saturated heterocycles. The zero-order valence-corrected chi connectivity index (χ0v) is 22.5. The van der Waals surface area contributed by atoms with Crippen molar-refractivity contribution in [2.45, 2.75) is 58.6 Å². The number of ether oxygens (including phenoxy) is 1. The van der Waals surface area contributed by atoms with Crippen LogP contribution in [0.5, 0.6) is 5.75 Å². The van der Waals surface area contributed by atoms with Gasteiger partial charge in [0, 0.05) is 12.1 Å². The first-order valence-corrected chi connectivity index (χ1v) is 12.9. The molecule has 5 nitrogen and oxygen atoms in total. The van der Waals surface area contributed by atoms with Crippen LogP contribution in [0.4, 0.5) is 4.39 Å². The van der Waals surface area contributed by atoms with Crippen LogP contribution < -0.4 is 4.74 Å². The van der Waals surface area contributed by atoms with Crippen molar-refractivity contribution in [2.75, 3.05) is 6.54 Å². The predicted molar refractivity (Wildman–Crippen MR) is 146 cm³/mol. The number of benzene rings is 3. The molecule has 1 heterocycles. The highest BCUT2D eigenvalue weighted by molar-refractivity contribution is 6.46. The lowest BCUT2D eigenvalue weighted by atomic mass is 9.85. The van der Waals surface area contributed by atoms with E-state index in [1.54, 1.807) is 36.4 Å². The third-order valence-corrected chi connectivity index (χ3v) is 6.67. The van der Waals surface area contributed by atoms with E-state index in [0.717, 1.165) is 16.7 Å². The van der Waals surface area contributed by atoms with E-state index in [1.807, 2.05) is 38.1 Å². The Balaban J connectivity index is 1.78. The van der Waals surface area contributed by atoms with Gasteiger partial charge in [0.05, 0.1) is 17.7 Å². The Bertz CT molecular complexity index is 1350. The molecule has 1 aliphatic rings. The fourth-order valence-corrected chi connectivity index (χ4v) is 4.67. The monoisotopic (exact) mass is 515 g/mol. The van der Waals surface area contributed by atoms with E-state index in [4.69, 9.17) is 4.74 Å². The van der Waals surface area contributed by atoms with Gasteiger partial charge in [-0.1, -0.05) is 69.3 Å². The van der Waals surface area contributed by atoms with Crippen LogP contribution in [0.2, 0.25) is 0 Å². The van der Waals surface area contributed by atoms with Gasteiger partial charge in [-0.15, -0.1) is 0 Å². The van der Waals surface area contributed by atoms with Crippen molar-refractivity contribution < 1.29 is 23.8 Å². The molecule has 3 aromatic carbocycles.